The summed E-state index contributed by atoms with van der Waals surface area (Å²) >= 11 is 0. The number of rotatable bonds is 9. The minimum Gasteiger partial charge on any atom is -0.310 e. The smallest absolute Gasteiger partial charge is 0.0726 e. The van der Waals surface area contributed by atoms with Gasteiger partial charge in [0.2, 0.25) is 0 Å². The Kier molecular flexibility index (Phi) is 10.0. The van der Waals surface area contributed by atoms with Crippen molar-refractivity contribution in [3.05, 3.63) is 288 Å². The summed E-state index contributed by atoms with van der Waals surface area (Å²) in [5.74, 6) is 0. The van der Waals surface area contributed by atoms with E-state index in [-0.39, 0.29) is 0 Å². The molecule has 1 spiro atoms. The molecule has 0 atom stereocenters. The van der Waals surface area contributed by atoms with Crippen LogP contribution in [-0.2, 0) is 18.3 Å². The standard InChI is InChI=1S/C71H52N2/c1-3-47-26-42-69-62(44-47)63-45-48(4-2)27-43-70(63)73(69)55-38-34-52(35-39-55)50-30-28-49(29-31-50)51-32-36-54(37-33-51)72(68-25-15-11-18-57(68)53-16-6-5-7-17-53)56-40-41-61-60-21-10-14-24-66(60)71(67(61)46-56)64-22-12-8-19-58(64)59-20-9-13-23-65(59)71/h5-46H,3-4H2,1-2H3. The molecule has 73 heavy (non-hydrogen) atoms. The van der Waals surface area contributed by atoms with Crippen molar-refractivity contribution in [3.63, 3.8) is 0 Å². The summed E-state index contributed by atoms with van der Waals surface area (Å²) in [6.45, 7) is 4.47. The molecule has 1 aromatic heterocycles. The molecule has 346 valence electrons. The number of aryl methyl sites for hydroxylation is 2. The minimum atomic E-state index is -0.442. The van der Waals surface area contributed by atoms with Gasteiger partial charge in [-0.15, -0.1) is 0 Å². The molecule has 2 aliphatic carbocycles. The monoisotopic (exact) mass is 932 g/mol. The lowest BCUT2D eigenvalue weighted by Gasteiger charge is -2.32. The van der Waals surface area contributed by atoms with Gasteiger partial charge in [0, 0.05) is 33.4 Å². The number of aromatic nitrogens is 1. The normalized spacial score (nSPS) is 12.7. The summed E-state index contributed by atoms with van der Waals surface area (Å²) in [6, 6.07) is 95.2. The number of benzene rings is 11. The quantitative estimate of drug-likeness (QED) is 0.140. The summed E-state index contributed by atoms with van der Waals surface area (Å²) in [7, 11) is 0. The van der Waals surface area contributed by atoms with E-state index in [4.69, 9.17) is 0 Å². The lowest BCUT2D eigenvalue weighted by Crippen LogP contribution is -2.26. The first kappa shape index (κ1) is 42.9. The predicted molar refractivity (Wildman–Crippen MR) is 307 cm³/mol. The maximum Gasteiger partial charge on any atom is 0.0726 e. The van der Waals surface area contributed by atoms with Crippen LogP contribution in [0.2, 0.25) is 0 Å². The highest BCUT2D eigenvalue weighted by atomic mass is 15.1. The first-order valence-corrected chi connectivity index (χ1v) is 25.9. The van der Waals surface area contributed by atoms with E-state index in [0.717, 1.165) is 29.9 Å². The predicted octanol–water partition coefficient (Wildman–Crippen LogP) is 18.7. The highest BCUT2D eigenvalue weighted by Gasteiger charge is 2.51. The zero-order valence-corrected chi connectivity index (χ0v) is 41.1. The van der Waals surface area contributed by atoms with Crippen molar-refractivity contribution in [1.82, 2.24) is 4.57 Å². The van der Waals surface area contributed by atoms with Crippen LogP contribution in [0.1, 0.15) is 47.2 Å². The fourth-order valence-corrected chi connectivity index (χ4v) is 12.5. The second kappa shape index (κ2) is 17.1. The summed E-state index contributed by atoms with van der Waals surface area (Å²) in [6.07, 6.45) is 2.05. The van der Waals surface area contributed by atoms with E-state index in [1.165, 1.54) is 117 Å². The molecular formula is C71H52N2. The summed E-state index contributed by atoms with van der Waals surface area (Å²) in [5.41, 5.74) is 27.0. The Bertz CT molecular complexity index is 3960. The molecule has 12 aromatic rings. The molecule has 0 saturated carbocycles. The first-order valence-electron chi connectivity index (χ1n) is 25.9. The van der Waals surface area contributed by atoms with Crippen LogP contribution >= 0.6 is 0 Å². The number of para-hydroxylation sites is 1. The third-order valence-corrected chi connectivity index (χ3v) is 16.0. The Morgan fingerprint density at radius 1 is 0.329 bits per heavy atom. The highest BCUT2D eigenvalue weighted by molar-refractivity contribution is 6.10. The van der Waals surface area contributed by atoms with E-state index in [1.807, 2.05) is 0 Å². The van der Waals surface area contributed by atoms with Crippen LogP contribution in [0, 0.1) is 0 Å². The van der Waals surface area contributed by atoms with Gasteiger partial charge in [-0.05, 0) is 163 Å². The topological polar surface area (TPSA) is 8.17 Å². The molecule has 14 rings (SSSR count). The minimum absolute atomic E-state index is 0.442. The number of hydrogen-bond acceptors (Lipinski definition) is 1. The van der Waals surface area contributed by atoms with E-state index in [1.54, 1.807) is 0 Å². The second-order valence-corrected chi connectivity index (χ2v) is 19.8. The average molecular weight is 933 g/mol. The molecule has 1 heterocycles. The SMILES string of the molecule is CCc1ccc2c(c1)c1cc(CC)ccc1n2-c1ccc(-c2ccc(-c3ccc(N(c4ccc5c(c4)C4(c6ccccc6-c6ccccc64)c4ccccc4-5)c4ccccc4-c4ccccc4)cc3)cc2)cc1. The molecule has 2 nitrogen and oxygen atoms in total. The zero-order chi connectivity index (χ0) is 48.6. The van der Waals surface area contributed by atoms with Gasteiger partial charge in [-0.3, -0.25) is 0 Å². The van der Waals surface area contributed by atoms with Gasteiger partial charge in [-0.2, -0.15) is 0 Å². The van der Waals surface area contributed by atoms with E-state index < -0.39 is 5.41 Å². The van der Waals surface area contributed by atoms with Crippen LogP contribution in [0.4, 0.5) is 17.1 Å². The fourth-order valence-electron chi connectivity index (χ4n) is 12.5. The van der Waals surface area contributed by atoms with Gasteiger partial charge in [0.05, 0.1) is 22.1 Å². The first-order chi connectivity index (χ1) is 36.1. The Morgan fingerprint density at radius 2 is 0.753 bits per heavy atom. The molecule has 0 aliphatic heterocycles. The molecule has 0 bridgehead atoms. The Hall–Kier alpha value is -8.98. The van der Waals surface area contributed by atoms with Gasteiger partial charge in [0.15, 0.2) is 0 Å². The van der Waals surface area contributed by atoms with Crippen molar-refractivity contribution in [2.24, 2.45) is 0 Å². The number of fused-ring (bicyclic) bond motifs is 13. The van der Waals surface area contributed by atoms with Gasteiger partial charge in [-0.25, -0.2) is 0 Å². The van der Waals surface area contributed by atoms with Crippen LogP contribution in [-0.4, -0.2) is 4.57 Å². The third-order valence-electron chi connectivity index (χ3n) is 16.0. The van der Waals surface area contributed by atoms with Crippen molar-refractivity contribution >= 4 is 38.9 Å². The summed E-state index contributed by atoms with van der Waals surface area (Å²) in [5, 5.41) is 2.65. The fraction of sp³-hybridized carbons (Fsp3) is 0.0704. The summed E-state index contributed by atoms with van der Waals surface area (Å²) in [4.78, 5) is 2.47. The average Bonchev–Trinajstić information content (AvgIpc) is 4.07. The Morgan fingerprint density at radius 3 is 1.27 bits per heavy atom. The van der Waals surface area contributed by atoms with E-state index in [0.29, 0.717) is 0 Å². The molecule has 0 unspecified atom stereocenters. The van der Waals surface area contributed by atoms with E-state index >= 15 is 0 Å². The van der Waals surface area contributed by atoms with Crippen LogP contribution in [0.15, 0.2) is 255 Å². The van der Waals surface area contributed by atoms with Crippen molar-refractivity contribution in [2.75, 3.05) is 4.90 Å². The lowest BCUT2D eigenvalue weighted by molar-refractivity contribution is 0.793. The largest absolute Gasteiger partial charge is 0.310 e. The van der Waals surface area contributed by atoms with Crippen LogP contribution < -0.4 is 4.90 Å². The van der Waals surface area contributed by atoms with Crippen molar-refractivity contribution in [3.8, 4) is 61.3 Å². The second-order valence-electron chi connectivity index (χ2n) is 19.8. The van der Waals surface area contributed by atoms with Gasteiger partial charge in [-0.1, -0.05) is 202 Å². The number of nitrogens with zero attached hydrogens (tertiary/aromatic N) is 2. The van der Waals surface area contributed by atoms with Crippen molar-refractivity contribution < 1.29 is 0 Å². The van der Waals surface area contributed by atoms with E-state index in [9.17, 15) is 0 Å². The molecule has 0 amide bonds. The lowest BCUT2D eigenvalue weighted by atomic mass is 9.70. The van der Waals surface area contributed by atoms with Crippen LogP contribution in [0.5, 0.6) is 0 Å². The van der Waals surface area contributed by atoms with Gasteiger partial charge in [0.25, 0.3) is 0 Å². The van der Waals surface area contributed by atoms with Gasteiger partial charge >= 0.3 is 0 Å². The maximum atomic E-state index is 2.49. The molecule has 2 aliphatic rings. The molecule has 11 aromatic carbocycles. The van der Waals surface area contributed by atoms with Crippen LogP contribution in [0.3, 0.4) is 0 Å². The molecule has 2 heteroatoms. The van der Waals surface area contributed by atoms with Crippen LogP contribution in [0.25, 0.3) is 83.1 Å². The molecule has 0 radical (unpaired) electrons. The molecule has 0 N–H and O–H groups in total. The molecule has 0 fully saturated rings. The van der Waals surface area contributed by atoms with Gasteiger partial charge in [0.1, 0.15) is 0 Å². The molecular weight excluding hydrogens is 881 g/mol. The highest BCUT2D eigenvalue weighted by Crippen LogP contribution is 2.63. The van der Waals surface area contributed by atoms with Crippen molar-refractivity contribution in [2.45, 2.75) is 32.1 Å². The Labute approximate surface area is 427 Å². The van der Waals surface area contributed by atoms with Crippen molar-refractivity contribution in [1.29, 1.82) is 0 Å². The molecule has 0 saturated heterocycles. The zero-order valence-electron chi connectivity index (χ0n) is 41.1. The van der Waals surface area contributed by atoms with E-state index in [2.05, 4.69) is 278 Å². The number of hydrogen-bond donors (Lipinski definition) is 0. The number of anilines is 3. The van der Waals surface area contributed by atoms with Gasteiger partial charge < -0.3 is 9.47 Å². The summed E-state index contributed by atoms with van der Waals surface area (Å²) < 4.78 is 2.43. The Balaban J connectivity index is 0.835. The third kappa shape index (κ3) is 6.64. The maximum absolute atomic E-state index is 2.49.